The first-order chi connectivity index (χ1) is 8.66. The molecule has 5 heteroatoms. The molecule has 0 aliphatic heterocycles. The number of nitro groups is 1. The molecule has 1 fully saturated rings. The van der Waals surface area contributed by atoms with Gasteiger partial charge in [-0.1, -0.05) is 25.7 Å². The SMILES string of the molecule is Cc1cnc(NC2CCCCCC2)cc1[N+](=O)[O-]. The van der Waals surface area contributed by atoms with Crippen molar-refractivity contribution >= 4 is 11.5 Å². The fraction of sp³-hybridized carbons (Fsp3) is 0.615. The van der Waals surface area contributed by atoms with E-state index >= 15 is 0 Å². The summed E-state index contributed by atoms with van der Waals surface area (Å²) in [6.07, 6.45) is 8.86. The summed E-state index contributed by atoms with van der Waals surface area (Å²) in [7, 11) is 0. The van der Waals surface area contributed by atoms with Crippen molar-refractivity contribution in [3.63, 3.8) is 0 Å². The molecule has 1 aromatic heterocycles. The van der Waals surface area contributed by atoms with Crippen LogP contribution in [0.4, 0.5) is 11.5 Å². The van der Waals surface area contributed by atoms with Gasteiger partial charge in [-0.25, -0.2) is 4.98 Å². The lowest BCUT2D eigenvalue weighted by Gasteiger charge is -2.16. The van der Waals surface area contributed by atoms with E-state index in [4.69, 9.17) is 0 Å². The van der Waals surface area contributed by atoms with Crippen molar-refractivity contribution in [3.8, 4) is 0 Å². The van der Waals surface area contributed by atoms with Crippen LogP contribution >= 0.6 is 0 Å². The van der Waals surface area contributed by atoms with Crippen LogP contribution in [-0.2, 0) is 0 Å². The number of nitrogens with zero attached hydrogens (tertiary/aromatic N) is 2. The number of hydrogen-bond acceptors (Lipinski definition) is 4. The maximum atomic E-state index is 10.9. The average Bonchev–Trinajstić information content (AvgIpc) is 2.60. The molecular formula is C13H19N3O2. The smallest absolute Gasteiger partial charge is 0.277 e. The summed E-state index contributed by atoms with van der Waals surface area (Å²) in [6.45, 7) is 1.71. The molecule has 0 unspecified atom stereocenters. The zero-order valence-electron chi connectivity index (χ0n) is 10.7. The van der Waals surface area contributed by atoms with Crippen molar-refractivity contribution in [2.24, 2.45) is 0 Å². The van der Waals surface area contributed by atoms with Crippen molar-refractivity contribution in [2.75, 3.05) is 5.32 Å². The summed E-state index contributed by atoms with van der Waals surface area (Å²) in [6, 6.07) is 1.95. The van der Waals surface area contributed by atoms with Gasteiger partial charge in [0.2, 0.25) is 0 Å². The molecule has 5 nitrogen and oxygen atoms in total. The van der Waals surface area contributed by atoms with Crippen LogP contribution in [0.1, 0.15) is 44.1 Å². The van der Waals surface area contributed by atoms with Crippen LogP contribution in [0.5, 0.6) is 0 Å². The second-order valence-electron chi connectivity index (χ2n) is 4.95. The van der Waals surface area contributed by atoms with Gasteiger partial charge in [0.25, 0.3) is 5.69 Å². The number of rotatable bonds is 3. The molecule has 0 radical (unpaired) electrons. The average molecular weight is 249 g/mol. The van der Waals surface area contributed by atoms with Crippen LogP contribution in [0, 0.1) is 17.0 Å². The Morgan fingerprint density at radius 1 is 1.33 bits per heavy atom. The third-order valence-corrected chi connectivity index (χ3v) is 3.48. The largest absolute Gasteiger partial charge is 0.367 e. The number of anilines is 1. The summed E-state index contributed by atoms with van der Waals surface area (Å²) >= 11 is 0. The predicted molar refractivity (Wildman–Crippen MR) is 70.7 cm³/mol. The van der Waals surface area contributed by atoms with Gasteiger partial charge < -0.3 is 5.32 Å². The summed E-state index contributed by atoms with van der Waals surface area (Å²) < 4.78 is 0. The highest BCUT2D eigenvalue weighted by Crippen LogP contribution is 2.23. The summed E-state index contributed by atoms with van der Waals surface area (Å²) in [5.74, 6) is 0.624. The second-order valence-corrected chi connectivity index (χ2v) is 4.95. The molecule has 0 amide bonds. The molecule has 2 rings (SSSR count). The summed E-state index contributed by atoms with van der Waals surface area (Å²) in [5, 5.41) is 14.2. The monoisotopic (exact) mass is 249 g/mol. The minimum atomic E-state index is -0.352. The van der Waals surface area contributed by atoms with Crippen molar-refractivity contribution in [1.82, 2.24) is 4.98 Å². The molecule has 0 atom stereocenters. The lowest BCUT2D eigenvalue weighted by molar-refractivity contribution is -0.385. The molecule has 1 N–H and O–H groups in total. The molecule has 0 bridgehead atoms. The number of pyridine rings is 1. The Hall–Kier alpha value is -1.65. The Balaban J connectivity index is 2.08. The van der Waals surface area contributed by atoms with Crippen molar-refractivity contribution in [2.45, 2.75) is 51.5 Å². The molecule has 1 aliphatic carbocycles. The fourth-order valence-corrected chi connectivity index (χ4v) is 2.42. The first-order valence-electron chi connectivity index (χ1n) is 6.54. The van der Waals surface area contributed by atoms with Gasteiger partial charge in [0.15, 0.2) is 0 Å². The van der Waals surface area contributed by atoms with Gasteiger partial charge in [0, 0.05) is 17.8 Å². The maximum absolute atomic E-state index is 10.9. The summed E-state index contributed by atoms with van der Waals surface area (Å²) in [5.41, 5.74) is 0.743. The van der Waals surface area contributed by atoms with E-state index in [1.165, 1.54) is 25.7 Å². The Morgan fingerprint density at radius 2 is 2.00 bits per heavy atom. The fourth-order valence-electron chi connectivity index (χ4n) is 2.42. The van der Waals surface area contributed by atoms with E-state index in [0.717, 1.165) is 12.8 Å². The van der Waals surface area contributed by atoms with Crippen LogP contribution in [0.15, 0.2) is 12.3 Å². The molecule has 98 valence electrons. The molecular weight excluding hydrogens is 230 g/mol. The number of aromatic nitrogens is 1. The van der Waals surface area contributed by atoms with E-state index in [1.54, 1.807) is 19.2 Å². The van der Waals surface area contributed by atoms with Gasteiger partial charge >= 0.3 is 0 Å². The van der Waals surface area contributed by atoms with Gasteiger partial charge in [0.05, 0.1) is 11.0 Å². The van der Waals surface area contributed by atoms with Crippen LogP contribution < -0.4 is 5.32 Å². The quantitative estimate of drug-likeness (QED) is 0.506. The first kappa shape index (κ1) is 12.8. The topological polar surface area (TPSA) is 68.1 Å². The highest BCUT2D eigenvalue weighted by Gasteiger charge is 2.16. The number of hydrogen-bond donors (Lipinski definition) is 1. The third-order valence-electron chi connectivity index (χ3n) is 3.48. The standard InChI is InChI=1S/C13H19N3O2/c1-10-9-14-13(8-12(10)16(17)18)15-11-6-4-2-3-5-7-11/h8-9,11H,2-7H2,1H3,(H,14,15). The zero-order chi connectivity index (χ0) is 13.0. The van der Waals surface area contributed by atoms with Gasteiger partial charge in [-0.3, -0.25) is 10.1 Å². The molecule has 1 saturated carbocycles. The van der Waals surface area contributed by atoms with E-state index in [2.05, 4.69) is 10.3 Å². The molecule has 0 saturated heterocycles. The van der Waals surface area contributed by atoms with Gasteiger partial charge in [-0.05, 0) is 19.8 Å². The Labute approximate surface area is 107 Å². The van der Waals surface area contributed by atoms with E-state index < -0.39 is 0 Å². The predicted octanol–water partition coefficient (Wildman–Crippen LogP) is 3.43. The lowest BCUT2D eigenvalue weighted by Crippen LogP contribution is -2.19. The molecule has 18 heavy (non-hydrogen) atoms. The molecule has 0 spiro atoms. The first-order valence-corrected chi connectivity index (χ1v) is 6.54. The highest BCUT2D eigenvalue weighted by molar-refractivity contribution is 5.49. The molecule has 1 aliphatic rings. The lowest BCUT2D eigenvalue weighted by atomic mass is 10.1. The van der Waals surface area contributed by atoms with Gasteiger partial charge in [-0.2, -0.15) is 0 Å². The van der Waals surface area contributed by atoms with Crippen LogP contribution in [0.2, 0.25) is 0 Å². The van der Waals surface area contributed by atoms with Gasteiger partial charge in [0.1, 0.15) is 5.82 Å². The molecule has 0 aromatic carbocycles. The van der Waals surface area contributed by atoms with E-state index in [1.807, 2.05) is 0 Å². The van der Waals surface area contributed by atoms with Crippen molar-refractivity contribution in [1.29, 1.82) is 0 Å². The second kappa shape index (κ2) is 5.80. The zero-order valence-corrected chi connectivity index (χ0v) is 10.7. The van der Waals surface area contributed by atoms with Crippen molar-refractivity contribution < 1.29 is 4.92 Å². The normalized spacial score (nSPS) is 17.2. The van der Waals surface area contributed by atoms with E-state index in [-0.39, 0.29) is 10.6 Å². The maximum Gasteiger partial charge on any atom is 0.277 e. The number of nitrogens with one attached hydrogen (secondary N) is 1. The minimum absolute atomic E-state index is 0.140. The van der Waals surface area contributed by atoms with Gasteiger partial charge in [-0.15, -0.1) is 0 Å². The Bertz CT molecular complexity index is 426. The van der Waals surface area contributed by atoms with E-state index in [9.17, 15) is 10.1 Å². The van der Waals surface area contributed by atoms with E-state index in [0.29, 0.717) is 17.4 Å². The van der Waals surface area contributed by atoms with Crippen LogP contribution in [0.3, 0.4) is 0 Å². The number of aryl methyl sites for hydroxylation is 1. The minimum Gasteiger partial charge on any atom is -0.367 e. The molecule has 1 heterocycles. The third kappa shape index (κ3) is 3.18. The molecule has 1 aromatic rings. The highest BCUT2D eigenvalue weighted by atomic mass is 16.6. The summed E-state index contributed by atoms with van der Waals surface area (Å²) in [4.78, 5) is 14.7. The van der Waals surface area contributed by atoms with Crippen LogP contribution in [0.25, 0.3) is 0 Å². The Kier molecular flexibility index (Phi) is 4.12. The van der Waals surface area contributed by atoms with Crippen LogP contribution in [-0.4, -0.2) is 15.9 Å². The Morgan fingerprint density at radius 3 is 2.61 bits per heavy atom. The van der Waals surface area contributed by atoms with Crippen molar-refractivity contribution in [3.05, 3.63) is 27.9 Å².